The van der Waals surface area contributed by atoms with E-state index in [0.717, 1.165) is 5.56 Å². The van der Waals surface area contributed by atoms with Crippen LogP contribution < -0.4 is 15.4 Å². The van der Waals surface area contributed by atoms with Crippen LogP contribution in [0.4, 0.5) is 30.6 Å². The lowest BCUT2D eigenvalue weighted by atomic mass is 10.1. The summed E-state index contributed by atoms with van der Waals surface area (Å²) >= 11 is 0. The number of hydrogen-bond donors (Lipinski definition) is 2. The van der Waals surface area contributed by atoms with Gasteiger partial charge in [0.15, 0.2) is 5.75 Å². The van der Waals surface area contributed by atoms with Gasteiger partial charge in [-0.2, -0.15) is 4.98 Å². The zero-order valence-corrected chi connectivity index (χ0v) is 13.7. The van der Waals surface area contributed by atoms with Crippen molar-refractivity contribution in [3.05, 3.63) is 60.7 Å². The van der Waals surface area contributed by atoms with Gasteiger partial charge in [-0.1, -0.05) is 42.5 Å². The van der Waals surface area contributed by atoms with Gasteiger partial charge in [-0.05, 0) is 12.1 Å². The molecule has 3 rings (SSSR count). The largest absolute Gasteiger partial charge is 0.573 e. The Morgan fingerprint density at radius 3 is 2.31 bits per heavy atom. The maximum absolute atomic E-state index is 12.6. The number of ether oxygens (including phenoxy) is 1. The summed E-state index contributed by atoms with van der Waals surface area (Å²) in [4.78, 5) is 8.61. The minimum absolute atomic E-state index is 0.143. The summed E-state index contributed by atoms with van der Waals surface area (Å²) in [6.07, 6.45) is -4.78. The van der Waals surface area contributed by atoms with Gasteiger partial charge >= 0.3 is 6.36 Å². The van der Waals surface area contributed by atoms with E-state index in [1.54, 1.807) is 19.2 Å². The Kier molecular flexibility index (Phi) is 4.92. The highest BCUT2D eigenvalue weighted by Crippen LogP contribution is 2.32. The second-order valence-electron chi connectivity index (χ2n) is 5.25. The van der Waals surface area contributed by atoms with Gasteiger partial charge in [-0.3, -0.25) is 0 Å². The lowest BCUT2D eigenvalue weighted by molar-refractivity contribution is -0.274. The molecule has 0 aliphatic heterocycles. The van der Waals surface area contributed by atoms with Crippen molar-refractivity contribution in [2.24, 2.45) is 0 Å². The maximum Gasteiger partial charge on any atom is 0.573 e. The molecule has 1 heterocycles. The second kappa shape index (κ2) is 7.30. The van der Waals surface area contributed by atoms with E-state index >= 15 is 0 Å². The summed E-state index contributed by atoms with van der Waals surface area (Å²) in [6, 6.07) is 16.8. The number of halogens is 3. The van der Waals surface area contributed by atoms with Crippen molar-refractivity contribution in [1.29, 1.82) is 0 Å². The first-order valence-corrected chi connectivity index (χ1v) is 7.69. The number of para-hydroxylation sites is 2. The predicted octanol–water partition coefficient (Wildman–Crippen LogP) is 4.83. The molecule has 8 heteroatoms. The SMILES string of the molecule is CNc1nc(Nc2ccccc2OC(F)(F)F)cc(-c2ccccc2)n1. The quantitative estimate of drug-likeness (QED) is 0.683. The van der Waals surface area contributed by atoms with E-state index in [1.165, 1.54) is 18.2 Å². The fourth-order valence-electron chi connectivity index (χ4n) is 2.30. The van der Waals surface area contributed by atoms with Gasteiger partial charge in [0, 0.05) is 18.7 Å². The predicted molar refractivity (Wildman–Crippen MR) is 93.4 cm³/mol. The molecule has 2 N–H and O–H groups in total. The Labute approximate surface area is 147 Å². The Morgan fingerprint density at radius 1 is 0.923 bits per heavy atom. The molecule has 2 aromatic carbocycles. The fraction of sp³-hybridized carbons (Fsp3) is 0.111. The summed E-state index contributed by atoms with van der Waals surface area (Å²) in [5.74, 6) is 0.329. The molecule has 0 aliphatic carbocycles. The van der Waals surface area contributed by atoms with Crippen LogP contribution in [0.5, 0.6) is 5.75 Å². The summed E-state index contributed by atoms with van der Waals surface area (Å²) in [6.45, 7) is 0. The van der Waals surface area contributed by atoms with Crippen LogP contribution in [0.25, 0.3) is 11.3 Å². The Morgan fingerprint density at radius 2 is 1.62 bits per heavy atom. The lowest BCUT2D eigenvalue weighted by Crippen LogP contribution is -2.18. The monoisotopic (exact) mass is 360 g/mol. The van der Waals surface area contributed by atoms with Gasteiger partial charge < -0.3 is 15.4 Å². The van der Waals surface area contributed by atoms with Gasteiger partial charge in [0.1, 0.15) is 5.82 Å². The van der Waals surface area contributed by atoms with E-state index in [2.05, 4.69) is 25.3 Å². The van der Waals surface area contributed by atoms with Crippen molar-refractivity contribution in [3.8, 4) is 17.0 Å². The number of nitrogens with one attached hydrogen (secondary N) is 2. The summed E-state index contributed by atoms with van der Waals surface area (Å²) in [5, 5.41) is 5.71. The Balaban J connectivity index is 1.96. The van der Waals surface area contributed by atoms with Crippen molar-refractivity contribution in [1.82, 2.24) is 9.97 Å². The Bertz CT molecular complexity index is 885. The first-order chi connectivity index (χ1) is 12.4. The highest BCUT2D eigenvalue weighted by atomic mass is 19.4. The van der Waals surface area contributed by atoms with Crippen molar-refractivity contribution in [2.45, 2.75) is 6.36 Å². The van der Waals surface area contributed by atoms with Crippen molar-refractivity contribution in [3.63, 3.8) is 0 Å². The molecule has 134 valence electrons. The molecular weight excluding hydrogens is 345 g/mol. The molecule has 0 aliphatic rings. The standard InChI is InChI=1S/C18H15F3N4O/c1-22-17-24-14(12-7-3-2-4-8-12)11-16(25-17)23-13-9-5-6-10-15(13)26-18(19,20)21/h2-11H,1H3,(H2,22,23,24,25). The maximum atomic E-state index is 12.6. The van der Waals surface area contributed by atoms with Crippen LogP contribution in [0.3, 0.4) is 0 Å². The van der Waals surface area contributed by atoms with Gasteiger partial charge in [-0.25, -0.2) is 4.98 Å². The zero-order chi connectivity index (χ0) is 18.6. The highest BCUT2D eigenvalue weighted by Gasteiger charge is 2.32. The van der Waals surface area contributed by atoms with E-state index in [0.29, 0.717) is 17.5 Å². The molecule has 26 heavy (non-hydrogen) atoms. The van der Waals surface area contributed by atoms with Crippen LogP contribution >= 0.6 is 0 Å². The number of alkyl halides is 3. The molecule has 3 aromatic rings. The average Bonchev–Trinajstić information content (AvgIpc) is 2.62. The number of nitrogens with zero attached hydrogens (tertiary/aromatic N) is 2. The molecule has 5 nitrogen and oxygen atoms in total. The third-order valence-electron chi connectivity index (χ3n) is 3.39. The second-order valence-corrected chi connectivity index (χ2v) is 5.25. The van der Waals surface area contributed by atoms with Gasteiger partial charge in [0.05, 0.1) is 11.4 Å². The third-order valence-corrected chi connectivity index (χ3v) is 3.39. The van der Waals surface area contributed by atoms with Crippen LogP contribution in [0.1, 0.15) is 0 Å². The topological polar surface area (TPSA) is 59.1 Å². The number of anilines is 3. The molecule has 0 atom stereocenters. The molecule has 0 bridgehead atoms. The summed E-state index contributed by atoms with van der Waals surface area (Å²) < 4.78 is 41.8. The van der Waals surface area contributed by atoms with E-state index in [1.807, 2.05) is 30.3 Å². The minimum Gasteiger partial charge on any atom is -0.404 e. The normalized spacial score (nSPS) is 11.1. The smallest absolute Gasteiger partial charge is 0.404 e. The van der Waals surface area contributed by atoms with Crippen LogP contribution in [-0.4, -0.2) is 23.4 Å². The van der Waals surface area contributed by atoms with Crippen LogP contribution in [0.15, 0.2) is 60.7 Å². The van der Waals surface area contributed by atoms with E-state index in [9.17, 15) is 13.2 Å². The van der Waals surface area contributed by atoms with Gasteiger partial charge in [0.25, 0.3) is 0 Å². The first kappa shape index (κ1) is 17.5. The van der Waals surface area contributed by atoms with Crippen molar-refractivity contribution >= 4 is 17.5 Å². The molecule has 0 amide bonds. The van der Waals surface area contributed by atoms with E-state index in [4.69, 9.17) is 0 Å². The van der Waals surface area contributed by atoms with Crippen LogP contribution in [0, 0.1) is 0 Å². The third kappa shape index (κ3) is 4.41. The first-order valence-electron chi connectivity index (χ1n) is 7.69. The molecular formula is C18H15F3N4O. The Hall–Kier alpha value is -3.29. The molecule has 0 fully saturated rings. The van der Waals surface area contributed by atoms with Crippen LogP contribution in [-0.2, 0) is 0 Å². The number of rotatable bonds is 5. The fourth-order valence-corrected chi connectivity index (χ4v) is 2.30. The average molecular weight is 360 g/mol. The number of hydrogen-bond acceptors (Lipinski definition) is 5. The number of benzene rings is 2. The molecule has 1 aromatic heterocycles. The lowest BCUT2D eigenvalue weighted by Gasteiger charge is -2.15. The molecule has 0 radical (unpaired) electrons. The van der Waals surface area contributed by atoms with Gasteiger partial charge in [-0.15, -0.1) is 13.2 Å². The minimum atomic E-state index is -4.78. The summed E-state index contributed by atoms with van der Waals surface area (Å²) in [5.41, 5.74) is 1.63. The summed E-state index contributed by atoms with van der Waals surface area (Å²) in [7, 11) is 1.66. The van der Waals surface area contributed by atoms with E-state index < -0.39 is 6.36 Å². The molecule has 0 unspecified atom stereocenters. The van der Waals surface area contributed by atoms with Crippen molar-refractivity contribution < 1.29 is 17.9 Å². The van der Waals surface area contributed by atoms with Crippen LogP contribution in [0.2, 0.25) is 0 Å². The molecule has 0 spiro atoms. The molecule has 0 saturated carbocycles. The van der Waals surface area contributed by atoms with Crippen molar-refractivity contribution in [2.75, 3.05) is 17.7 Å². The van der Waals surface area contributed by atoms with E-state index in [-0.39, 0.29) is 11.4 Å². The van der Waals surface area contributed by atoms with Gasteiger partial charge in [0.2, 0.25) is 5.95 Å². The molecule has 0 saturated heterocycles. The highest BCUT2D eigenvalue weighted by molar-refractivity contribution is 5.69. The number of aromatic nitrogens is 2. The zero-order valence-electron chi connectivity index (χ0n) is 13.7.